The predicted molar refractivity (Wildman–Crippen MR) is 152 cm³/mol. The Bertz CT molecular complexity index is 279. The number of thiocarbonyl (C=S) groups is 6. The summed E-state index contributed by atoms with van der Waals surface area (Å²) in [6.45, 7) is 0. The fourth-order valence-corrected chi connectivity index (χ4v) is 0. The standard InChI is InChI=1S/6CH3NS2.Mo.H2O/c6*2-1(3)4;;/h6*(H3,2,3,4);;1H2/q;;;;;;+4;/p-4. The smallest absolute Gasteiger partial charge is 0.415 e. The maximum atomic E-state index is 4.71. The van der Waals surface area contributed by atoms with Crippen LogP contribution in [0.5, 0.6) is 0 Å². The molecule has 0 bridgehead atoms. The van der Waals surface area contributed by atoms with Gasteiger partial charge in [-0.15, -0.1) is 25.3 Å². The molecular formula is C6H16MoN6OS12. The number of hydrogen-bond acceptors (Lipinski definition) is 10. The van der Waals surface area contributed by atoms with Gasteiger partial charge in [0.25, 0.3) is 0 Å². The van der Waals surface area contributed by atoms with Crippen molar-refractivity contribution < 1.29 is 26.5 Å². The topological polar surface area (TPSA) is 188 Å². The summed E-state index contributed by atoms with van der Waals surface area (Å²) >= 11 is 48.3. The first-order valence-corrected chi connectivity index (χ1v) is 9.20. The van der Waals surface area contributed by atoms with Crippen molar-refractivity contribution in [2.75, 3.05) is 0 Å². The largest absolute Gasteiger partial charge is 4.00 e. The zero-order valence-electron chi connectivity index (χ0n) is 12.3. The normalized spacial score (nSPS) is 5.62. The molecule has 14 N–H and O–H groups in total. The predicted octanol–water partition coefficient (Wildman–Crippen LogP) is -1.40. The first-order valence-electron chi connectivity index (χ1n) is 4.22. The minimum atomic E-state index is 0. The summed E-state index contributed by atoms with van der Waals surface area (Å²) in [4.78, 5) is 0. The Morgan fingerprint density at radius 2 is 0.500 bits per heavy atom. The average molecular weight is 669 g/mol. The van der Waals surface area contributed by atoms with Gasteiger partial charge in [-0.2, -0.15) is 0 Å². The van der Waals surface area contributed by atoms with E-state index < -0.39 is 0 Å². The van der Waals surface area contributed by atoms with Gasteiger partial charge in [0, 0.05) is 0 Å². The fraction of sp³-hybridized carbons (Fsp3) is 0. The molecule has 20 heteroatoms. The van der Waals surface area contributed by atoms with Gasteiger partial charge < -0.3 is 139 Å². The van der Waals surface area contributed by atoms with Crippen LogP contribution in [0.4, 0.5) is 0 Å². The van der Waals surface area contributed by atoms with Crippen LogP contribution in [0.1, 0.15) is 0 Å². The third-order valence-corrected chi connectivity index (χ3v) is 0. The van der Waals surface area contributed by atoms with Gasteiger partial charge in [0.05, 0.1) is 0 Å². The van der Waals surface area contributed by atoms with E-state index in [-0.39, 0.29) is 52.5 Å². The van der Waals surface area contributed by atoms with Crippen molar-refractivity contribution in [3.63, 3.8) is 0 Å². The molecule has 0 unspecified atom stereocenters. The van der Waals surface area contributed by atoms with E-state index in [1.807, 2.05) is 0 Å². The molecular weight excluding hydrogens is 653 g/mol. The van der Waals surface area contributed by atoms with Gasteiger partial charge in [-0.1, -0.05) is 41.7 Å². The van der Waals surface area contributed by atoms with Crippen LogP contribution >= 0.6 is 98.6 Å². The Morgan fingerprint density at radius 3 is 0.500 bits per heavy atom. The van der Waals surface area contributed by atoms with Crippen LogP contribution < -0.4 is 34.4 Å². The van der Waals surface area contributed by atoms with Gasteiger partial charge in [0.2, 0.25) is 0 Å². The van der Waals surface area contributed by atoms with Gasteiger partial charge in [-0.3, -0.25) is 0 Å². The molecule has 0 heterocycles. The Balaban J connectivity index is -0.0000000245. The second kappa shape index (κ2) is 45.4. The average Bonchev–Trinajstić information content (AvgIpc) is 2.08. The Kier molecular flexibility index (Phi) is 88.7. The summed E-state index contributed by atoms with van der Waals surface area (Å²) in [5.74, 6) is 0. The molecule has 0 saturated heterocycles. The molecule has 0 aliphatic carbocycles. The van der Waals surface area contributed by atoms with Gasteiger partial charge >= 0.3 is 21.1 Å². The monoisotopic (exact) mass is 670 g/mol. The summed E-state index contributed by atoms with van der Waals surface area (Å²) in [7, 11) is 0. The molecule has 0 aliphatic heterocycles. The first kappa shape index (κ1) is 50.8. The first-order chi connectivity index (χ1) is 10.4. The molecule has 0 aliphatic rings. The van der Waals surface area contributed by atoms with E-state index in [2.05, 4.69) is 172 Å². The van der Waals surface area contributed by atoms with Gasteiger partial charge in [-0.25, -0.2) is 0 Å². The van der Waals surface area contributed by atoms with Crippen LogP contribution in [0.15, 0.2) is 0 Å². The Labute approximate surface area is 233 Å². The van der Waals surface area contributed by atoms with E-state index in [4.69, 9.17) is 11.5 Å². The SMILES string of the molecule is NC(=S)S.NC(=S)S.NC(=S)[S-].NC(=S)[S-].NC(=S)[S-].NC(=S)[S-].O.[Mo+4]. The molecule has 0 aromatic heterocycles. The minimum absolute atomic E-state index is 0. The molecule has 0 saturated carbocycles. The third kappa shape index (κ3) is 6270. The summed E-state index contributed by atoms with van der Waals surface area (Å²) in [6.07, 6.45) is 0. The molecule has 0 aromatic carbocycles. The molecule has 0 aromatic rings. The zero-order chi connectivity index (χ0) is 21.5. The molecule has 0 rings (SSSR count). The molecule has 26 heavy (non-hydrogen) atoms. The van der Waals surface area contributed by atoms with Crippen LogP contribution in [-0.4, -0.2) is 31.4 Å². The molecule has 7 nitrogen and oxygen atoms in total. The van der Waals surface area contributed by atoms with E-state index in [1.54, 1.807) is 0 Å². The van der Waals surface area contributed by atoms with Crippen LogP contribution in [-0.2, 0) is 71.6 Å². The summed E-state index contributed by atoms with van der Waals surface area (Å²) in [5.41, 5.74) is 28.0. The zero-order valence-corrected chi connectivity index (χ0v) is 24.3. The number of hydrogen-bond donors (Lipinski definition) is 8. The molecule has 154 valence electrons. The van der Waals surface area contributed by atoms with Crippen LogP contribution in [0.25, 0.3) is 0 Å². The van der Waals surface area contributed by atoms with Crippen LogP contribution in [0.3, 0.4) is 0 Å². The molecule has 0 fully saturated rings. The second-order valence-electron chi connectivity index (χ2n) is 1.95. The van der Waals surface area contributed by atoms with Crippen molar-refractivity contribution in [1.29, 1.82) is 0 Å². The van der Waals surface area contributed by atoms with Crippen molar-refractivity contribution >= 4 is 175 Å². The Hall–Kier alpha value is 1.57. The summed E-state index contributed by atoms with van der Waals surface area (Å²) < 4.78 is 0.722. The Morgan fingerprint density at radius 1 is 0.500 bits per heavy atom. The van der Waals surface area contributed by atoms with E-state index in [1.165, 1.54) is 0 Å². The summed E-state index contributed by atoms with van der Waals surface area (Å²) in [6, 6.07) is 0. The van der Waals surface area contributed by atoms with Crippen molar-refractivity contribution in [2.24, 2.45) is 34.4 Å². The van der Waals surface area contributed by atoms with Gasteiger partial charge in [-0.05, 0) is 0 Å². The summed E-state index contributed by atoms with van der Waals surface area (Å²) in [5, 5.41) is 0. The van der Waals surface area contributed by atoms with Crippen LogP contribution in [0, 0.1) is 0 Å². The molecule has 0 spiro atoms. The third-order valence-electron chi connectivity index (χ3n) is 0. The fourth-order valence-electron chi connectivity index (χ4n) is 0. The molecule has 0 radical (unpaired) electrons. The second-order valence-corrected chi connectivity index (χ2v) is 8.95. The van der Waals surface area contributed by atoms with Gasteiger partial charge in [0.15, 0.2) is 0 Å². The maximum Gasteiger partial charge on any atom is 4.00 e. The van der Waals surface area contributed by atoms with Crippen molar-refractivity contribution in [3.05, 3.63) is 0 Å². The number of thiol groups is 2. The van der Waals surface area contributed by atoms with Crippen LogP contribution in [0.2, 0.25) is 0 Å². The minimum Gasteiger partial charge on any atom is -0.415 e. The van der Waals surface area contributed by atoms with E-state index >= 15 is 0 Å². The van der Waals surface area contributed by atoms with Gasteiger partial charge in [0.1, 0.15) is 8.64 Å². The quantitative estimate of drug-likeness (QED) is 0.0651. The molecule has 0 amide bonds. The van der Waals surface area contributed by atoms with Crippen molar-refractivity contribution in [2.45, 2.75) is 0 Å². The maximum absolute atomic E-state index is 4.71. The van der Waals surface area contributed by atoms with E-state index in [0.29, 0.717) is 0 Å². The van der Waals surface area contributed by atoms with E-state index in [9.17, 15) is 0 Å². The van der Waals surface area contributed by atoms with Crippen molar-refractivity contribution in [3.8, 4) is 0 Å². The number of rotatable bonds is 0. The van der Waals surface area contributed by atoms with E-state index in [0.717, 1.165) is 0 Å². The number of nitrogens with two attached hydrogens (primary N) is 6. The van der Waals surface area contributed by atoms with Crippen molar-refractivity contribution in [1.82, 2.24) is 0 Å². The molecule has 0 atom stereocenters.